The zero-order valence-corrected chi connectivity index (χ0v) is 18.7. The zero-order chi connectivity index (χ0) is 22.2. The molecule has 1 atom stereocenters. The Hall–Kier alpha value is -2.83. The lowest BCUT2D eigenvalue weighted by Gasteiger charge is -2.15. The van der Waals surface area contributed by atoms with Crippen LogP contribution in [0, 0.1) is 0 Å². The standard InChI is InChI=1S/C24H24ClNO4S/c1-26-24(27)14-20(16-31(28)29)18-9-11-21(12-10-18)30-15-17-5-4-6-19(13-17)22-7-2-3-8-23(22)25/h2-13,20,31H,14-16H2,1H3,(H,26,27). The lowest BCUT2D eigenvalue weighted by Crippen LogP contribution is -2.22. The fourth-order valence-corrected chi connectivity index (χ4v) is 4.27. The van der Waals surface area contributed by atoms with Crippen LogP contribution in [0.2, 0.25) is 5.02 Å². The van der Waals surface area contributed by atoms with Crippen LogP contribution in [0.15, 0.2) is 72.8 Å². The molecule has 7 heteroatoms. The molecule has 5 nitrogen and oxygen atoms in total. The molecule has 0 saturated heterocycles. The third-order valence-corrected chi connectivity index (χ3v) is 6.02. The van der Waals surface area contributed by atoms with Crippen molar-refractivity contribution in [2.24, 2.45) is 0 Å². The van der Waals surface area contributed by atoms with Crippen LogP contribution in [0.25, 0.3) is 11.1 Å². The number of benzene rings is 3. The first-order valence-corrected chi connectivity index (χ1v) is 11.6. The zero-order valence-electron chi connectivity index (χ0n) is 17.1. The lowest BCUT2D eigenvalue weighted by molar-refractivity contribution is -0.120. The second-order valence-electron chi connectivity index (χ2n) is 7.13. The topological polar surface area (TPSA) is 72.5 Å². The molecule has 1 N–H and O–H groups in total. The minimum Gasteiger partial charge on any atom is -0.489 e. The minimum absolute atomic E-state index is 0.0716. The van der Waals surface area contributed by atoms with Crippen molar-refractivity contribution >= 4 is 28.2 Å². The molecule has 0 aliphatic carbocycles. The van der Waals surface area contributed by atoms with Gasteiger partial charge >= 0.3 is 0 Å². The van der Waals surface area contributed by atoms with Crippen molar-refractivity contribution in [3.05, 3.63) is 88.9 Å². The lowest BCUT2D eigenvalue weighted by atomic mass is 9.97. The van der Waals surface area contributed by atoms with Crippen molar-refractivity contribution in [2.75, 3.05) is 12.8 Å². The van der Waals surface area contributed by atoms with E-state index >= 15 is 0 Å². The van der Waals surface area contributed by atoms with Crippen molar-refractivity contribution in [1.29, 1.82) is 0 Å². The van der Waals surface area contributed by atoms with Crippen molar-refractivity contribution in [2.45, 2.75) is 18.9 Å². The summed E-state index contributed by atoms with van der Waals surface area (Å²) in [5, 5.41) is 3.24. The number of thiol groups is 1. The molecular formula is C24H24ClNO4S. The molecule has 162 valence electrons. The van der Waals surface area contributed by atoms with Crippen LogP contribution in [0.4, 0.5) is 0 Å². The second-order valence-corrected chi connectivity index (χ2v) is 8.57. The summed E-state index contributed by atoms with van der Waals surface area (Å²) in [6, 6.07) is 22.9. The van der Waals surface area contributed by atoms with Gasteiger partial charge in [-0.3, -0.25) is 4.79 Å². The number of hydrogen-bond acceptors (Lipinski definition) is 4. The second kappa shape index (κ2) is 11.0. The molecule has 0 saturated carbocycles. The number of ether oxygens (including phenoxy) is 1. The average Bonchev–Trinajstić information content (AvgIpc) is 2.77. The fraction of sp³-hybridized carbons (Fsp3) is 0.208. The monoisotopic (exact) mass is 457 g/mol. The predicted octanol–water partition coefficient (Wildman–Crippen LogP) is 4.42. The molecule has 0 aromatic heterocycles. The molecule has 0 aliphatic rings. The normalized spacial score (nSPS) is 11.8. The Morgan fingerprint density at radius 1 is 1.03 bits per heavy atom. The van der Waals surface area contributed by atoms with Gasteiger partial charge in [0.05, 0.1) is 5.75 Å². The van der Waals surface area contributed by atoms with Gasteiger partial charge in [-0.2, -0.15) is 0 Å². The van der Waals surface area contributed by atoms with E-state index in [1.807, 2.05) is 60.7 Å². The van der Waals surface area contributed by atoms with Gasteiger partial charge in [0.1, 0.15) is 23.1 Å². The summed E-state index contributed by atoms with van der Waals surface area (Å²) >= 11 is 6.30. The van der Waals surface area contributed by atoms with E-state index in [1.54, 1.807) is 12.1 Å². The Bertz CT molecular complexity index is 1100. The van der Waals surface area contributed by atoms with Crippen LogP contribution >= 0.6 is 11.6 Å². The van der Waals surface area contributed by atoms with E-state index in [4.69, 9.17) is 16.3 Å². The first kappa shape index (κ1) is 22.8. The van der Waals surface area contributed by atoms with Crippen molar-refractivity contribution in [1.82, 2.24) is 5.32 Å². The first-order chi connectivity index (χ1) is 15.0. The quantitative estimate of drug-likeness (QED) is 0.466. The fourth-order valence-electron chi connectivity index (χ4n) is 3.32. The van der Waals surface area contributed by atoms with Crippen LogP contribution in [0.5, 0.6) is 5.75 Å². The summed E-state index contributed by atoms with van der Waals surface area (Å²) in [6.07, 6.45) is 0.120. The molecule has 0 bridgehead atoms. The van der Waals surface area contributed by atoms with Gasteiger partial charge in [0.15, 0.2) is 0 Å². The highest BCUT2D eigenvalue weighted by Crippen LogP contribution is 2.28. The maximum Gasteiger partial charge on any atom is 0.220 e. The molecule has 3 aromatic rings. The number of rotatable bonds is 9. The molecule has 3 rings (SSSR count). The highest BCUT2D eigenvalue weighted by Gasteiger charge is 2.17. The molecular weight excluding hydrogens is 434 g/mol. The third-order valence-electron chi connectivity index (χ3n) is 4.95. The van der Waals surface area contributed by atoms with Gasteiger partial charge in [-0.15, -0.1) is 0 Å². The molecule has 0 aliphatic heterocycles. The number of nitrogens with one attached hydrogen (secondary N) is 1. The highest BCUT2D eigenvalue weighted by molar-refractivity contribution is 7.72. The predicted molar refractivity (Wildman–Crippen MR) is 124 cm³/mol. The summed E-state index contributed by atoms with van der Waals surface area (Å²) in [4.78, 5) is 11.7. The third kappa shape index (κ3) is 6.57. The Balaban J connectivity index is 1.68. The molecule has 0 radical (unpaired) electrons. The largest absolute Gasteiger partial charge is 0.489 e. The Morgan fingerprint density at radius 3 is 2.45 bits per heavy atom. The van der Waals surface area contributed by atoms with Gasteiger partial charge in [0, 0.05) is 30.0 Å². The van der Waals surface area contributed by atoms with Gasteiger partial charge in [-0.25, -0.2) is 8.42 Å². The number of hydrogen-bond donors (Lipinski definition) is 2. The van der Waals surface area contributed by atoms with Crippen molar-refractivity contribution < 1.29 is 17.9 Å². The molecule has 31 heavy (non-hydrogen) atoms. The van der Waals surface area contributed by atoms with Crippen LogP contribution < -0.4 is 10.1 Å². The van der Waals surface area contributed by atoms with Crippen LogP contribution in [-0.2, 0) is 22.1 Å². The SMILES string of the molecule is CNC(=O)CC(C[SH](=O)=O)c1ccc(OCc2cccc(-c3ccccc3Cl)c2)cc1. The van der Waals surface area contributed by atoms with Crippen LogP contribution in [0.1, 0.15) is 23.5 Å². The Kier molecular flexibility index (Phi) is 8.09. The smallest absolute Gasteiger partial charge is 0.220 e. The van der Waals surface area contributed by atoms with Gasteiger partial charge in [0.25, 0.3) is 0 Å². The molecule has 3 aromatic carbocycles. The van der Waals surface area contributed by atoms with Gasteiger partial charge in [-0.1, -0.05) is 60.1 Å². The minimum atomic E-state index is -2.59. The Morgan fingerprint density at radius 2 is 1.77 bits per heavy atom. The van der Waals surface area contributed by atoms with Gasteiger partial charge in [0.2, 0.25) is 5.91 Å². The van der Waals surface area contributed by atoms with E-state index < -0.39 is 10.7 Å². The van der Waals surface area contributed by atoms with E-state index in [-0.39, 0.29) is 24.0 Å². The molecule has 1 unspecified atom stereocenters. The number of carbonyl (C=O) groups is 1. The average molecular weight is 458 g/mol. The van der Waals surface area contributed by atoms with Crippen molar-refractivity contribution in [3.63, 3.8) is 0 Å². The number of amides is 1. The van der Waals surface area contributed by atoms with Gasteiger partial charge < -0.3 is 10.1 Å². The first-order valence-electron chi connectivity index (χ1n) is 9.85. The maximum atomic E-state index is 11.7. The van der Waals surface area contributed by atoms with E-state index in [2.05, 4.69) is 5.32 Å². The highest BCUT2D eigenvalue weighted by atomic mass is 35.5. The molecule has 1 amide bonds. The van der Waals surface area contributed by atoms with E-state index in [1.165, 1.54) is 7.05 Å². The number of halogens is 1. The van der Waals surface area contributed by atoms with E-state index in [9.17, 15) is 13.2 Å². The van der Waals surface area contributed by atoms with Crippen molar-refractivity contribution in [3.8, 4) is 16.9 Å². The molecule has 0 fully saturated rings. The van der Waals surface area contributed by atoms with Crippen LogP contribution in [-0.4, -0.2) is 27.1 Å². The summed E-state index contributed by atoms with van der Waals surface area (Å²) in [5.74, 6) is 0.0118. The van der Waals surface area contributed by atoms with E-state index in [0.717, 1.165) is 22.3 Å². The number of carbonyl (C=O) groups excluding carboxylic acids is 1. The van der Waals surface area contributed by atoms with Gasteiger partial charge in [-0.05, 0) is 41.0 Å². The summed E-state index contributed by atoms with van der Waals surface area (Å²) in [7, 11) is -1.05. The summed E-state index contributed by atoms with van der Waals surface area (Å²) in [6.45, 7) is 0.381. The summed E-state index contributed by atoms with van der Waals surface area (Å²) < 4.78 is 28.3. The van der Waals surface area contributed by atoms with E-state index in [0.29, 0.717) is 17.4 Å². The molecule has 0 spiro atoms. The Labute approximate surface area is 189 Å². The van der Waals surface area contributed by atoms with Crippen LogP contribution in [0.3, 0.4) is 0 Å². The maximum absolute atomic E-state index is 11.7. The molecule has 0 heterocycles. The summed E-state index contributed by atoms with van der Waals surface area (Å²) in [5.41, 5.74) is 3.78.